The van der Waals surface area contributed by atoms with E-state index in [4.69, 9.17) is 57.8 Å². The van der Waals surface area contributed by atoms with Crippen LogP contribution in [0.5, 0.6) is 0 Å². The highest BCUT2D eigenvalue weighted by atomic mass is 16.7. The van der Waals surface area contributed by atoms with Gasteiger partial charge >= 0.3 is 12.1 Å². The van der Waals surface area contributed by atoms with Crippen LogP contribution in [-0.2, 0) is 61.7 Å². The average molecular weight is 1160 g/mol. The lowest BCUT2D eigenvalue weighted by Crippen LogP contribution is -2.66. The van der Waals surface area contributed by atoms with E-state index in [9.17, 15) is 35.1 Å². The molecule has 1 amide bonds. The molecule has 5 aliphatic heterocycles. The van der Waals surface area contributed by atoms with Crippen LogP contribution in [0.2, 0.25) is 0 Å². The first-order chi connectivity index (χ1) is 38.6. The van der Waals surface area contributed by atoms with Gasteiger partial charge < -0.3 is 88.7 Å². The summed E-state index contributed by atoms with van der Waals surface area (Å²) < 4.78 is 68.4. The summed E-state index contributed by atoms with van der Waals surface area (Å²) in [5.74, 6) is -4.54. The number of nitrogens with two attached hydrogens (primary N) is 1. The van der Waals surface area contributed by atoms with Crippen LogP contribution in [0.15, 0.2) is 58.4 Å². The molecule has 0 aromatic rings. The predicted octanol–water partition coefficient (Wildman–Crippen LogP) is 5.25. The van der Waals surface area contributed by atoms with E-state index < -0.39 is 157 Å². The summed E-state index contributed by atoms with van der Waals surface area (Å²) in [6.07, 6.45) is -1.16. The molecule has 27 atom stereocenters. The van der Waals surface area contributed by atoms with Gasteiger partial charge in [0, 0.05) is 67.9 Å². The van der Waals surface area contributed by atoms with Gasteiger partial charge in [-0.1, -0.05) is 63.6 Å². The van der Waals surface area contributed by atoms with Crippen molar-refractivity contribution >= 4 is 17.8 Å². The average Bonchev–Trinajstić information content (AvgIpc) is 3.56. The van der Waals surface area contributed by atoms with Crippen molar-refractivity contribution in [2.75, 3.05) is 20.8 Å². The van der Waals surface area contributed by atoms with E-state index in [1.54, 1.807) is 26.8 Å². The summed E-state index contributed by atoms with van der Waals surface area (Å²) in [5.41, 5.74) is 4.75. The van der Waals surface area contributed by atoms with Crippen molar-refractivity contribution in [3.8, 4) is 0 Å². The maximum Gasteiger partial charge on any atom is 0.407 e. The maximum absolute atomic E-state index is 15.6. The first-order valence-corrected chi connectivity index (χ1v) is 29.7. The number of carbonyl (C=O) groups is 3. The molecule has 0 aromatic heterocycles. The molecule has 4 aliphatic carbocycles. The third-order valence-electron chi connectivity index (χ3n) is 19.9. The number of alkyl carbamates (subject to hydrolysis) is 1. The van der Waals surface area contributed by atoms with Gasteiger partial charge in [-0.2, -0.15) is 0 Å². The molecule has 8 N–H and O–H groups in total. The zero-order chi connectivity index (χ0) is 59.7. The van der Waals surface area contributed by atoms with Gasteiger partial charge in [0.25, 0.3) is 0 Å². The number of allylic oxidation sites excluding steroid dienone is 3. The Labute approximate surface area is 482 Å². The number of rotatable bonds is 11. The van der Waals surface area contributed by atoms with Gasteiger partial charge in [0.05, 0.1) is 74.7 Å². The van der Waals surface area contributed by atoms with Crippen LogP contribution in [-0.4, -0.2) is 180 Å². The van der Waals surface area contributed by atoms with Crippen LogP contribution in [0.3, 0.4) is 0 Å². The van der Waals surface area contributed by atoms with E-state index in [1.165, 1.54) is 14.2 Å². The van der Waals surface area contributed by atoms with Gasteiger partial charge in [-0.05, 0) is 96.1 Å². The third kappa shape index (κ3) is 11.8. The molecule has 2 unspecified atom stereocenters. The van der Waals surface area contributed by atoms with Crippen LogP contribution < -0.4 is 11.1 Å². The monoisotopic (exact) mass is 1160 g/mol. The highest BCUT2D eigenvalue weighted by Gasteiger charge is 2.64. The first-order valence-electron chi connectivity index (χ1n) is 29.7. The minimum Gasteiger partial charge on any atom is -0.511 e. The van der Waals surface area contributed by atoms with Crippen molar-refractivity contribution < 1.29 is 92.0 Å². The minimum atomic E-state index is -1.75. The predicted molar refractivity (Wildman–Crippen MR) is 295 cm³/mol. The number of nitrogens with one attached hydrogen (secondary N) is 1. The van der Waals surface area contributed by atoms with Gasteiger partial charge in [-0.15, -0.1) is 0 Å². The molecule has 0 radical (unpaired) electrons. The molecule has 460 valence electrons. The Morgan fingerprint density at radius 3 is 2.00 bits per heavy atom. The molecule has 21 heteroatoms. The quantitative estimate of drug-likeness (QED) is 0.0789. The summed E-state index contributed by atoms with van der Waals surface area (Å²) in [6.45, 7) is 20.6. The zero-order valence-corrected chi connectivity index (χ0v) is 49.9. The highest BCUT2D eigenvalue weighted by Crippen LogP contribution is 2.61. The van der Waals surface area contributed by atoms with Crippen LogP contribution in [0.4, 0.5) is 4.79 Å². The lowest BCUT2D eigenvalue weighted by Gasteiger charge is -2.56. The molecular weight excluding hydrogens is 1060 g/mol. The molecule has 9 rings (SSSR count). The van der Waals surface area contributed by atoms with Crippen LogP contribution in [0.1, 0.15) is 121 Å². The largest absolute Gasteiger partial charge is 0.511 e. The number of hydrogen-bond acceptors (Lipinski definition) is 20. The van der Waals surface area contributed by atoms with Crippen molar-refractivity contribution in [1.29, 1.82) is 0 Å². The number of fused-ring (bicyclic) bond motifs is 4. The Balaban J connectivity index is 1.00. The standard InChI is InChI=1S/C61H92N2O19/c1-27-14-17-42(78-47-25-59(10,62)54(35(9)77-47)63-58(71)73-13)28(2)19-37-20-36(26-64)31(5)24-61(37)56(69)48(57(70)82-61)55(68)60(11)39(27)16-15-38-49(60)29(3)18-30(4)51(38)80-46-23-43(50(67)32(6)74-46)79-44-22-41(66)53(34(8)76-44)81-45-21-40(65)52(72-12)33(7)75-45/h14-16,19-20,29-35,37-47,49-54,64-68H,17-18,21-26,62H2,1-13H3,(H,63,71)/b27-14+,28-19-,55-48+/t29-,30-,31+,32+,33+,34+,35+,37-,38-,39-,40-,41-,42?,43-,44-,45-,46-,47+,49+,50+,51-,52+,53+,54-,59-,60+,61?/m1/s1. The fourth-order valence-corrected chi connectivity index (χ4v) is 15.7. The van der Waals surface area contributed by atoms with Gasteiger partial charge in [-0.3, -0.25) is 4.79 Å². The van der Waals surface area contributed by atoms with Crippen molar-refractivity contribution in [2.24, 2.45) is 52.6 Å². The van der Waals surface area contributed by atoms with E-state index in [1.807, 2.05) is 47.6 Å². The number of esters is 1. The summed E-state index contributed by atoms with van der Waals surface area (Å²) in [6, 6.07) is -0.595. The maximum atomic E-state index is 15.6. The normalized spacial score (nSPS) is 50.3. The number of hydrogen-bond donors (Lipinski definition) is 7. The summed E-state index contributed by atoms with van der Waals surface area (Å²) in [7, 11) is 2.79. The molecule has 0 aromatic carbocycles. The molecule has 1 saturated carbocycles. The Morgan fingerprint density at radius 1 is 0.744 bits per heavy atom. The van der Waals surface area contributed by atoms with E-state index in [0.717, 1.165) is 5.57 Å². The van der Waals surface area contributed by atoms with E-state index in [-0.39, 0.29) is 73.7 Å². The fourth-order valence-electron chi connectivity index (χ4n) is 15.7. The minimum absolute atomic E-state index is 0.0320. The Bertz CT molecular complexity index is 2490. The van der Waals surface area contributed by atoms with Gasteiger partial charge in [-0.25, -0.2) is 9.59 Å². The summed E-state index contributed by atoms with van der Waals surface area (Å²) >= 11 is 0. The van der Waals surface area contributed by atoms with Gasteiger partial charge in [0.1, 0.15) is 29.6 Å². The van der Waals surface area contributed by atoms with E-state index in [0.29, 0.717) is 24.0 Å². The zero-order valence-electron chi connectivity index (χ0n) is 49.9. The smallest absolute Gasteiger partial charge is 0.407 e. The number of aliphatic hydroxyl groups excluding tert-OH is 5. The Morgan fingerprint density at radius 2 is 1.37 bits per heavy atom. The van der Waals surface area contributed by atoms with Crippen LogP contribution in [0.25, 0.3) is 0 Å². The summed E-state index contributed by atoms with van der Waals surface area (Å²) in [5, 5.41) is 60.3. The van der Waals surface area contributed by atoms with Gasteiger partial charge in [0.15, 0.2) is 30.8 Å². The number of Topliss-reactive ketones (excluding diaryl/α,β-unsaturated/α-hetero) is 1. The van der Waals surface area contributed by atoms with E-state index in [2.05, 4.69) is 37.4 Å². The number of ketones is 1. The van der Waals surface area contributed by atoms with Crippen molar-refractivity contribution in [3.05, 3.63) is 58.4 Å². The SMILES string of the molecule is COC(=O)N[C@@H]1[C@H](C)O[C@@H](OC2C/C=C(\C)[C@H]3C=C[C@H]4[C@H](O[C@@H]5C[C@@H](O[C@@H]6C[C@@H](O)[C@@H](O[C@@H]7C[C@@H](O)[C@@H](OC)[C@H](C)O7)[C@H](C)O6)[C@@H](O)[C@H](C)O5)[C@H](C)C[C@@H](C)[C@@H]4[C@@]3(C)/C(O)=C3\C(=O)OC4(C[C@H](C)C(CO)=C[C@H]4/C=C\2C)C3=O)C[C@@]1(C)N. The Kier molecular flexibility index (Phi) is 18.9. The lowest BCUT2D eigenvalue weighted by molar-refractivity contribution is -0.335. The second kappa shape index (κ2) is 24.6. The molecule has 5 heterocycles. The second-order valence-corrected chi connectivity index (χ2v) is 25.8. The molecule has 6 fully saturated rings. The molecule has 1 spiro atoms. The Hall–Kier alpha value is -3.65. The third-order valence-corrected chi connectivity index (χ3v) is 19.9. The molecule has 9 aliphatic rings. The number of ether oxygens (including phenoxy) is 11. The summed E-state index contributed by atoms with van der Waals surface area (Å²) in [4.78, 5) is 42.6. The number of amides is 1. The van der Waals surface area contributed by atoms with Crippen molar-refractivity contribution in [1.82, 2.24) is 5.32 Å². The molecule has 82 heavy (non-hydrogen) atoms. The molecule has 21 nitrogen and oxygen atoms in total. The van der Waals surface area contributed by atoms with Crippen molar-refractivity contribution in [2.45, 2.75) is 237 Å². The van der Waals surface area contributed by atoms with E-state index >= 15 is 4.79 Å². The van der Waals surface area contributed by atoms with Crippen molar-refractivity contribution in [3.63, 3.8) is 0 Å². The number of methoxy groups -OCH3 is 2. The molecule has 2 bridgehead atoms. The lowest BCUT2D eigenvalue weighted by atomic mass is 9.49. The first kappa shape index (κ1) is 62.9. The molecule has 5 saturated heterocycles. The molecular formula is C61H92N2O19. The van der Waals surface area contributed by atoms with Gasteiger partial charge in [0.2, 0.25) is 5.78 Å². The second-order valence-electron chi connectivity index (χ2n) is 25.8. The number of carbonyl (C=O) groups excluding carboxylic acids is 3. The topological polar surface area (TPSA) is 292 Å². The fraction of sp³-hybridized carbons (Fsp3) is 0.787. The van der Waals surface area contributed by atoms with Crippen LogP contribution >= 0.6 is 0 Å². The highest BCUT2D eigenvalue weighted by molar-refractivity contribution is 6.26. The van der Waals surface area contributed by atoms with Crippen LogP contribution in [0, 0.1) is 46.8 Å². The number of aliphatic hydroxyl groups is 5.